The van der Waals surface area contributed by atoms with E-state index < -0.39 is 5.97 Å². The van der Waals surface area contributed by atoms with E-state index in [4.69, 9.17) is 14.7 Å². The summed E-state index contributed by atoms with van der Waals surface area (Å²) >= 11 is 0. The van der Waals surface area contributed by atoms with Crippen LogP contribution in [0.5, 0.6) is 0 Å². The molecule has 0 amide bonds. The van der Waals surface area contributed by atoms with Crippen molar-refractivity contribution in [3.05, 3.63) is 24.2 Å². The van der Waals surface area contributed by atoms with Gasteiger partial charge in [0.15, 0.2) is 5.71 Å². The number of carboxylic acid groups (broad SMARTS) is 1. The lowest BCUT2D eigenvalue weighted by molar-refractivity contribution is -0.129. The Morgan fingerprint density at radius 3 is 2.83 bits per heavy atom. The van der Waals surface area contributed by atoms with Gasteiger partial charge in [0.05, 0.1) is 12.5 Å². The van der Waals surface area contributed by atoms with Gasteiger partial charge in [-0.05, 0) is 11.6 Å². The van der Waals surface area contributed by atoms with E-state index in [-0.39, 0.29) is 12.1 Å². The van der Waals surface area contributed by atoms with Crippen molar-refractivity contribution in [2.24, 2.45) is 5.16 Å². The number of oxime groups is 1. The molecule has 0 radical (unpaired) electrons. The van der Waals surface area contributed by atoms with Crippen molar-refractivity contribution in [1.82, 2.24) is 0 Å². The van der Waals surface area contributed by atoms with E-state index in [1.54, 1.807) is 6.07 Å². The minimum atomic E-state index is -1.24. The van der Waals surface area contributed by atoms with Gasteiger partial charge in [-0.25, -0.2) is 4.79 Å². The van der Waals surface area contributed by atoms with E-state index in [0.29, 0.717) is 5.56 Å². The number of furan rings is 1. The van der Waals surface area contributed by atoms with E-state index in [1.807, 2.05) is 0 Å². The highest BCUT2D eigenvalue weighted by Gasteiger charge is 2.11. The van der Waals surface area contributed by atoms with Crippen LogP contribution in [0.25, 0.3) is 0 Å². The van der Waals surface area contributed by atoms with Gasteiger partial charge >= 0.3 is 5.97 Å². The summed E-state index contributed by atoms with van der Waals surface area (Å²) in [4.78, 5) is 10.3. The minimum absolute atomic E-state index is 0.0579. The lowest BCUT2D eigenvalue weighted by Crippen LogP contribution is -2.15. The molecule has 0 saturated carbocycles. The number of carboxylic acids is 1. The average Bonchev–Trinajstić information content (AvgIpc) is 2.51. The molecule has 0 atom stereocenters. The third-order valence-electron chi connectivity index (χ3n) is 1.32. The SMILES string of the molecule is O=C(O)/C(Cc1ccoc1)=N/O. The van der Waals surface area contributed by atoms with Crippen LogP contribution in [0.2, 0.25) is 0 Å². The topological polar surface area (TPSA) is 83.0 Å². The largest absolute Gasteiger partial charge is 0.477 e. The molecule has 0 aromatic carbocycles. The van der Waals surface area contributed by atoms with Crippen LogP contribution in [0.1, 0.15) is 5.56 Å². The maximum absolute atomic E-state index is 10.3. The highest BCUT2D eigenvalue weighted by atomic mass is 16.4. The monoisotopic (exact) mass is 169 g/mol. The molecule has 0 bridgehead atoms. The summed E-state index contributed by atoms with van der Waals surface area (Å²) in [5, 5.41) is 19.4. The summed E-state index contributed by atoms with van der Waals surface area (Å²) in [6.07, 6.45) is 2.88. The number of hydrogen-bond donors (Lipinski definition) is 2. The van der Waals surface area contributed by atoms with Crippen molar-refractivity contribution in [3.8, 4) is 0 Å². The number of carbonyl (C=O) groups is 1. The first-order valence-electron chi connectivity index (χ1n) is 3.19. The Labute approximate surface area is 67.9 Å². The van der Waals surface area contributed by atoms with E-state index >= 15 is 0 Å². The Hall–Kier alpha value is -1.78. The van der Waals surface area contributed by atoms with Gasteiger partial charge in [0.25, 0.3) is 0 Å². The summed E-state index contributed by atoms with van der Waals surface area (Å²) in [5.41, 5.74) is 0.349. The fraction of sp³-hybridized carbons (Fsp3) is 0.143. The number of rotatable bonds is 3. The third-order valence-corrected chi connectivity index (χ3v) is 1.32. The molecule has 0 aliphatic heterocycles. The zero-order valence-corrected chi connectivity index (χ0v) is 6.10. The molecule has 0 fully saturated rings. The van der Waals surface area contributed by atoms with Crippen LogP contribution >= 0.6 is 0 Å². The minimum Gasteiger partial charge on any atom is -0.477 e. The molecule has 0 unspecified atom stereocenters. The van der Waals surface area contributed by atoms with Crippen molar-refractivity contribution in [1.29, 1.82) is 0 Å². The van der Waals surface area contributed by atoms with Gasteiger partial charge in [-0.2, -0.15) is 0 Å². The van der Waals surface area contributed by atoms with E-state index in [2.05, 4.69) is 5.16 Å². The van der Waals surface area contributed by atoms with Crippen molar-refractivity contribution >= 4 is 11.7 Å². The van der Waals surface area contributed by atoms with Crippen LogP contribution in [-0.2, 0) is 11.2 Å². The second-order valence-corrected chi connectivity index (χ2v) is 2.16. The van der Waals surface area contributed by atoms with Gasteiger partial charge in [0, 0.05) is 6.42 Å². The molecular weight excluding hydrogens is 162 g/mol. The number of nitrogens with zero attached hydrogens (tertiary/aromatic N) is 1. The lowest BCUT2D eigenvalue weighted by atomic mass is 10.2. The van der Waals surface area contributed by atoms with E-state index in [0.717, 1.165) is 0 Å². The van der Waals surface area contributed by atoms with Crippen molar-refractivity contribution < 1.29 is 19.5 Å². The molecule has 5 nitrogen and oxygen atoms in total. The van der Waals surface area contributed by atoms with E-state index in [9.17, 15) is 4.79 Å². The highest BCUT2D eigenvalue weighted by Crippen LogP contribution is 2.02. The third kappa shape index (κ3) is 1.85. The second kappa shape index (κ2) is 3.56. The molecule has 0 aliphatic carbocycles. The Balaban J connectivity index is 2.68. The first kappa shape index (κ1) is 8.32. The fourth-order valence-corrected chi connectivity index (χ4v) is 0.740. The van der Waals surface area contributed by atoms with Gasteiger partial charge in [0.1, 0.15) is 0 Å². The fourth-order valence-electron chi connectivity index (χ4n) is 0.740. The van der Waals surface area contributed by atoms with Crippen LogP contribution in [0.3, 0.4) is 0 Å². The Kier molecular flexibility index (Phi) is 2.47. The highest BCUT2D eigenvalue weighted by molar-refractivity contribution is 6.35. The van der Waals surface area contributed by atoms with Crippen molar-refractivity contribution in [3.63, 3.8) is 0 Å². The predicted molar refractivity (Wildman–Crippen MR) is 39.3 cm³/mol. The van der Waals surface area contributed by atoms with Gasteiger partial charge < -0.3 is 14.7 Å². The molecule has 0 aliphatic rings. The quantitative estimate of drug-likeness (QED) is 0.397. The standard InChI is InChI=1S/C7H7NO4/c9-7(10)6(8-11)3-5-1-2-12-4-5/h1-2,4,11H,3H2,(H,9,10)/b8-6+. The molecule has 1 rings (SSSR count). The second-order valence-electron chi connectivity index (χ2n) is 2.16. The Bertz CT molecular complexity index is 288. The Morgan fingerprint density at radius 2 is 2.42 bits per heavy atom. The smallest absolute Gasteiger partial charge is 0.354 e. The molecule has 1 heterocycles. The summed E-state index contributed by atoms with van der Waals surface area (Å²) in [6, 6.07) is 1.61. The molecule has 1 aromatic heterocycles. The van der Waals surface area contributed by atoms with Crippen molar-refractivity contribution in [2.45, 2.75) is 6.42 Å². The molecule has 2 N–H and O–H groups in total. The van der Waals surface area contributed by atoms with Crippen LogP contribution in [-0.4, -0.2) is 22.0 Å². The maximum Gasteiger partial charge on any atom is 0.354 e. The normalized spacial score (nSPS) is 11.5. The van der Waals surface area contributed by atoms with Gasteiger partial charge in [-0.1, -0.05) is 5.16 Å². The number of hydrogen-bond acceptors (Lipinski definition) is 4. The molecule has 0 spiro atoms. The Morgan fingerprint density at radius 1 is 1.67 bits per heavy atom. The molecule has 5 heteroatoms. The summed E-state index contributed by atoms with van der Waals surface area (Å²) in [7, 11) is 0. The van der Waals surface area contributed by atoms with Gasteiger partial charge in [-0.15, -0.1) is 0 Å². The van der Waals surface area contributed by atoms with Gasteiger partial charge in [0.2, 0.25) is 0 Å². The number of aliphatic carboxylic acids is 1. The van der Waals surface area contributed by atoms with Crippen LogP contribution in [0.4, 0.5) is 0 Å². The van der Waals surface area contributed by atoms with E-state index in [1.165, 1.54) is 12.5 Å². The summed E-state index contributed by atoms with van der Waals surface area (Å²) in [6.45, 7) is 0. The first-order valence-corrected chi connectivity index (χ1v) is 3.19. The first-order chi connectivity index (χ1) is 5.74. The predicted octanol–water partition coefficient (Wildman–Crippen LogP) is 0.737. The maximum atomic E-state index is 10.3. The molecule has 1 aromatic rings. The van der Waals surface area contributed by atoms with Crippen molar-refractivity contribution in [2.75, 3.05) is 0 Å². The zero-order chi connectivity index (χ0) is 8.97. The molecule has 0 saturated heterocycles. The molecular formula is C7H7NO4. The molecule has 64 valence electrons. The summed E-state index contributed by atoms with van der Waals surface area (Å²) < 4.78 is 4.71. The summed E-state index contributed by atoms with van der Waals surface area (Å²) in [5.74, 6) is -1.24. The molecule has 12 heavy (non-hydrogen) atoms. The van der Waals surface area contributed by atoms with Crippen LogP contribution < -0.4 is 0 Å². The van der Waals surface area contributed by atoms with Crippen LogP contribution in [0.15, 0.2) is 28.2 Å². The van der Waals surface area contributed by atoms with Gasteiger partial charge in [-0.3, -0.25) is 0 Å². The average molecular weight is 169 g/mol. The lowest BCUT2D eigenvalue weighted by Gasteiger charge is -1.93. The zero-order valence-electron chi connectivity index (χ0n) is 6.10. The van der Waals surface area contributed by atoms with Crippen LogP contribution in [0, 0.1) is 0 Å².